The van der Waals surface area contributed by atoms with Gasteiger partial charge in [-0.05, 0) is 31.0 Å². The van der Waals surface area contributed by atoms with Crippen LogP contribution in [-0.2, 0) is 6.54 Å². The summed E-state index contributed by atoms with van der Waals surface area (Å²) < 4.78 is 0. The number of hydrogen-bond donors (Lipinski definition) is 1. The molecule has 0 saturated heterocycles. The largest absolute Gasteiger partial charge is 0.367 e. The van der Waals surface area contributed by atoms with Crippen LogP contribution < -0.4 is 10.6 Å². The third-order valence-corrected chi connectivity index (χ3v) is 3.41. The predicted octanol–water partition coefficient (Wildman–Crippen LogP) is 2.96. The highest BCUT2D eigenvalue weighted by Gasteiger charge is 2.11. The maximum absolute atomic E-state index is 6.16. The lowest BCUT2D eigenvalue weighted by Crippen LogP contribution is -2.28. The minimum atomic E-state index is 0.498. The van der Waals surface area contributed by atoms with Crippen molar-refractivity contribution in [1.29, 1.82) is 0 Å². The van der Waals surface area contributed by atoms with E-state index in [0.717, 1.165) is 30.1 Å². The van der Waals surface area contributed by atoms with E-state index in [0.29, 0.717) is 6.54 Å². The molecule has 1 aromatic carbocycles. The number of halogens is 1. The van der Waals surface area contributed by atoms with Crippen LogP contribution >= 0.6 is 11.6 Å². The van der Waals surface area contributed by atoms with Crippen molar-refractivity contribution in [1.82, 2.24) is 0 Å². The lowest BCUT2D eigenvalue weighted by Gasteiger charge is -2.28. The highest BCUT2D eigenvalue weighted by Crippen LogP contribution is 2.25. The number of nitrogens with two attached hydrogens (primary N) is 1. The van der Waals surface area contributed by atoms with Gasteiger partial charge in [0, 0.05) is 30.3 Å². The van der Waals surface area contributed by atoms with E-state index in [4.69, 9.17) is 17.3 Å². The zero-order valence-electron chi connectivity index (χ0n) is 9.54. The Kier molecular flexibility index (Phi) is 3.52. The zero-order valence-corrected chi connectivity index (χ0v) is 10.3. The molecule has 0 atom stereocenters. The highest BCUT2D eigenvalue weighted by molar-refractivity contribution is 6.31. The fourth-order valence-corrected chi connectivity index (χ4v) is 2.16. The minimum Gasteiger partial charge on any atom is -0.367 e. The molecule has 1 aromatic rings. The zero-order chi connectivity index (χ0) is 11.5. The molecule has 2 nitrogen and oxygen atoms in total. The fourth-order valence-electron chi connectivity index (χ4n) is 1.90. The van der Waals surface area contributed by atoms with E-state index in [-0.39, 0.29) is 0 Å². The van der Waals surface area contributed by atoms with E-state index in [1.807, 2.05) is 12.1 Å². The Morgan fingerprint density at radius 3 is 2.81 bits per heavy atom. The Bertz CT molecular complexity index is 412. The summed E-state index contributed by atoms with van der Waals surface area (Å²) in [6.07, 6.45) is 3.41. The first-order valence-electron chi connectivity index (χ1n) is 5.60. The van der Waals surface area contributed by atoms with Gasteiger partial charge in [0.1, 0.15) is 0 Å². The van der Waals surface area contributed by atoms with Crippen LogP contribution in [0.3, 0.4) is 0 Å². The van der Waals surface area contributed by atoms with E-state index in [1.54, 1.807) is 0 Å². The third-order valence-electron chi connectivity index (χ3n) is 3.06. The molecule has 2 rings (SSSR count). The van der Waals surface area contributed by atoms with Gasteiger partial charge in [0.2, 0.25) is 0 Å². The van der Waals surface area contributed by atoms with Crippen LogP contribution in [-0.4, -0.2) is 13.1 Å². The summed E-state index contributed by atoms with van der Waals surface area (Å²) in [7, 11) is 0. The van der Waals surface area contributed by atoms with Gasteiger partial charge >= 0.3 is 0 Å². The quantitative estimate of drug-likeness (QED) is 0.800. The van der Waals surface area contributed by atoms with Gasteiger partial charge in [0.15, 0.2) is 0 Å². The predicted molar refractivity (Wildman–Crippen MR) is 69.9 cm³/mol. The minimum absolute atomic E-state index is 0.498. The van der Waals surface area contributed by atoms with Gasteiger partial charge in [-0.2, -0.15) is 0 Å². The number of benzene rings is 1. The normalized spacial score (nSPS) is 16.2. The summed E-state index contributed by atoms with van der Waals surface area (Å²) in [6.45, 7) is 4.73. The monoisotopic (exact) mass is 236 g/mol. The number of anilines is 1. The van der Waals surface area contributed by atoms with Gasteiger partial charge in [-0.25, -0.2) is 0 Å². The Labute approximate surface area is 102 Å². The summed E-state index contributed by atoms with van der Waals surface area (Å²) in [6, 6.07) is 6.13. The van der Waals surface area contributed by atoms with Crippen LogP contribution in [0.4, 0.5) is 5.69 Å². The standard InChI is InChI=1S/C13H17ClN2/c1-10-4-6-16(7-5-10)12-3-2-11(9-15)13(14)8-12/h2-4,8H,5-7,9,15H2,1H3. The Hall–Kier alpha value is -0.990. The van der Waals surface area contributed by atoms with E-state index in [1.165, 1.54) is 11.3 Å². The SMILES string of the molecule is CC1=CCN(c2ccc(CN)c(Cl)c2)CC1. The molecule has 1 heterocycles. The topological polar surface area (TPSA) is 29.3 Å². The van der Waals surface area contributed by atoms with Crippen molar-refractivity contribution < 1.29 is 0 Å². The molecule has 0 unspecified atom stereocenters. The van der Waals surface area contributed by atoms with Crippen molar-refractivity contribution >= 4 is 17.3 Å². The molecular weight excluding hydrogens is 220 g/mol. The molecule has 0 aromatic heterocycles. The summed E-state index contributed by atoms with van der Waals surface area (Å²) in [5.41, 5.74) is 9.26. The van der Waals surface area contributed by atoms with Gasteiger partial charge in [-0.3, -0.25) is 0 Å². The molecule has 3 heteroatoms. The van der Waals surface area contributed by atoms with Crippen molar-refractivity contribution in [3.63, 3.8) is 0 Å². The maximum Gasteiger partial charge on any atom is 0.0471 e. The van der Waals surface area contributed by atoms with E-state index < -0.39 is 0 Å². The number of rotatable bonds is 2. The second-order valence-corrected chi connectivity index (χ2v) is 4.63. The molecule has 2 N–H and O–H groups in total. The third kappa shape index (κ3) is 2.39. The fraction of sp³-hybridized carbons (Fsp3) is 0.385. The van der Waals surface area contributed by atoms with Gasteiger partial charge in [0.25, 0.3) is 0 Å². The lowest BCUT2D eigenvalue weighted by molar-refractivity contribution is 0.787. The van der Waals surface area contributed by atoms with Gasteiger partial charge < -0.3 is 10.6 Å². The smallest absolute Gasteiger partial charge is 0.0471 e. The average Bonchev–Trinajstić information content (AvgIpc) is 2.30. The molecule has 0 bridgehead atoms. The van der Waals surface area contributed by atoms with Crippen molar-refractivity contribution in [2.45, 2.75) is 19.9 Å². The van der Waals surface area contributed by atoms with Gasteiger partial charge in [-0.1, -0.05) is 29.3 Å². The molecule has 0 spiro atoms. The molecule has 0 fully saturated rings. The Morgan fingerprint density at radius 2 is 2.25 bits per heavy atom. The second-order valence-electron chi connectivity index (χ2n) is 4.23. The van der Waals surface area contributed by atoms with Crippen LogP contribution in [0.5, 0.6) is 0 Å². The lowest BCUT2D eigenvalue weighted by atomic mass is 10.1. The molecule has 0 amide bonds. The van der Waals surface area contributed by atoms with Crippen molar-refractivity contribution in [3.05, 3.63) is 40.4 Å². The molecule has 0 radical (unpaired) electrons. The van der Waals surface area contributed by atoms with Crippen LogP contribution in [0, 0.1) is 0 Å². The van der Waals surface area contributed by atoms with E-state index >= 15 is 0 Å². The van der Waals surface area contributed by atoms with Gasteiger partial charge in [-0.15, -0.1) is 0 Å². The first kappa shape index (κ1) is 11.5. The number of nitrogens with zero attached hydrogens (tertiary/aromatic N) is 1. The molecule has 16 heavy (non-hydrogen) atoms. The molecule has 1 aliphatic heterocycles. The van der Waals surface area contributed by atoms with Crippen LogP contribution in [0.25, 0.3) is 0 Å². The highest BCUT2D eigenvalue weighted by atomic mass is 35.5. The first-order valence-corrected chi connectivity index (χ1v) is 5.97. The van der Waals surface area contributed by atoms with E-state index in [2.05, 4.69) is 24.0 Å². The van der Waals surface area contributed by atoms with Crippen molar-refractivity contribution in [2.24, 2.45) is 5.73 Å². The molecular formula is C13H17ClN2. The molecule has 86 valence electrons. The van der Waals surface area contributed by atoms with Gasteiger partial charge in [0.05, 0.1) is 0 Å². The van der Waals surface area contributed by atoms with Crippen LogP contribution in [0.2, 0.25) is 5.02 Å². The number of hydrogen-bond acceptors (Lipinski definition) is 2. The average molecular weight is 237 g/mol. The second kappa shape index (κ2) is 4.89. The molecule has 1 aliphatic rings. The molecule has 0 saturated carbocycles. The first-order chi connectivity index (χ1) is 7.70. The Morgan fingerprint density at radius 1 is 1.44 bits per heavy atom. The van der Waals surface area contributed by atoms with Crippen LogP contribution in [0.1, 0.15) is 18.9 Å². The summed E-state index contributed by atoms with van der Waals surface area (Å²) in [5.74, 6) is 0. The molecule has 0 aliphatic carbocycles. The van der Waals surface area contributed by atoms with Crippen LogP contribution in [0.15, 0.2) is 29.8 Å². The van der Waals surface area contributed by atoms with Crippen molar-refractivity contribution in [2.75, 3.05) is 18.0 Å². The van der Waals surface area contributed by atoms with E-state index in [9.17, 15) is 0 Å². The summed E-state index contributed by atoms with van der Waals surface area (Å²) in [5, 5.41) is 0.770. The van der Waals surface area contributed by atoms with Crippen molar-refractivity contribution in [3.8, 4) is 0 Å². The summed E-state index contributed by atoms with van der Waals surface area (Å²) >= 11 is 6.16. The summed E-state index contributed by atoms with van der Waals surface area (Å²) in [4.78, 5) is 2.33. The maximum atomic E-state index is 6.16. The Balaban J connectivity index is 2.19.